The maximum absolute atomic E-state index is 5.91. The first-order valence-corrected chi connectivity index (χ1v) is 7.90. The Morgan fingerprint density at radius 1 is 1.17 bits per heavy atom. The van der Waals surface area contributed by atoms with Crippen LogP contribution in [-0.2, 0) is 0 Å². The van der Waals surface area contributed by atoms with Crippen LogP contribution in [0.25, 0.3) is 5.65 Å². The van der Waals surface area contributed by atoms with Gasteiger partial charge in [-0.05, 0) is 25.0 Å². The van der Waals surface area contributed by atoms with Crippen LogP contribution in [0, 0.1) is 0 Å². The number of nitrogens with zero attached hydrogens (tertiary/aromatic N) is 6. The van der Waals surface area contributed by atoms with Crippen molar-refractivity contribution in [2.75, 3.05) is 25.1 Å². The van der Waals surface area contributed by atoms with E-state index in [0.717, 1.165) is 37.4 Å². The molecule has 8 nitrogen and oxygen atoms in total. The molecule has 0 aliphatic carbocycles. The molecule has 4 rings (SSSR count). The van der Waals surface area contributed by atoms with Crippen molar-refractivity contribution in [2.24, 2.45) is 0 Å². The lowest BCUT2D eigenvalue weighted by atomic mass is 10.1. The van der Waals surface area contributed by atoms with Gasteiger partial charge in [0.1, 0.15) is 11.9 Å². The van der Waals surface area contributed by atoms with Gasteiger partial charge < -0.3 is 14.4 Å². The highest BCUT2D eigenvalue weighted by atomic mass is 16.5. The number of hydrogen-bond donors (Lipinski definition) is 0. The van der Waals surface area contributed by atoms with Gasteiger partial charge in [-0.1, -0.05) is 0 Å². The van der Waals surface area contributed by atoms with Gasteiger partial charge in [-0.15, -0.1) is 5.10 Å². The van der Waals surface area contributed by atoms with E-state index in [2.05, 4.69) is 25.0 Å². The minimum atomic E-state index is 0.0347. The van der Waals surface area contributed by atoms with Gasteiger partial charge in [0, 0.05) is 18.9 Å². The molecule has 1 fully saturated rings. The smallest absolute Gasteiger partial charge is 0.316 e. The highest BCUT2D eigenvalue weighted by Gasteiger charge is 2.23. The van der Waals surface area contributed by atoms with E-state index in [1.165, 1.54) is 0 Å². The minimum absolute atomic E-state index is 0.0347. The zero-order valence-electron chi connectivity index (χ0n) is 13.4. The fraction of sp³-hybridized carbons (Fsp3) is 0.375. The summed E-state index contributed by atoms with van der Waals surface area (Å²) in [7, 11) is 1.59. The standard InChI is InChI=1S/C16H18N6O2/c1-23-13-9-18-16(19-10-13)24-12-3-2-7-21(11-12)15-5-4-14-17-6-8-22(14)20-15/h4-6,8-10,12H,2-3,7,11H2,1H3. The second-order valence-corrected chi connectivity index (χ2v) is 5.66. The summed E-state index contributed by atoms with van der Waals surface area (Å²) in [5.41, 5.74) is 0.843. The van der Waals surface area contributed by atoms with Crippen molar-refractivity contribution in [3.8, 4) is 11.8 Å². The molecule has 0 radical (unpaired) electrons. The van der Waals surface area contributed by atoms with Gasteiger partial charge in [0.25, 0.3) is 0 Å². The summed E-state index contributed by atoms with van der Waals surface area (Å²) in [4.78, 5) is 14.8. The topological polar surface area (TPSA) is 77.7 Å². The predicted octanol–water partition coefficient (Wildman–Crippen LogP) is 1.58. The van der Waals surface area contributed by atoms with E-state index in [-0.39, 0.29) is 6.10 Å². The number of fused-ring (bicyclic) bond motifs is 1. The molecule has 0 bridgehead atoms. The summed E-state index contributed by atoms with van der Waals surface area (Å²) in [6.45, 7) is 1.71. The molecule has 1 saturated heterocycles. The molecule has 0 N–H and O–H groups in total. The molecule has 124 valence electrons. The van der Waals surface area contributed by atoms with E-state index in [0.29, 0.717) is 11.8 Å². The quantitative estimate of drug-likeness (QED) is 0.720. The monoisotopic (exact) mass is 326 g/mol. The molecule has 1 unspecified atom stereocenters. The number of anilines is 1. The van der Waals surface area contributed by atoms with Crippen molar-refractivity contribution < 1.29 is 9.47 Å². The predicted molar refractivity (Wildman–Crippen MR) is 87.4 cm³/mol. The van der Waals surface area contributed by atoms with Gasteiger partial charge in [-0.2, -0.15) is 9.97 Å². The summed E-state index contributed by atoms with van der Waals surface area (Å²) < 4.78 is 12.8. The molecule has 1 aliphatic heterocycles. The van der Waals surface area contributed by atoms with E-state index >= 15 is 0 Å². The van der Waals surface area contributed by atoms with Crippen LogP contribution >= 0.6 is 0 Å². The van der Waals surface area contributed by atoms with Crippen molar-refractivity contribution >= 4 is 11.5 Å². The summed E-state index contributed by atoms with van der Waals surface area (Å²) in [5.74, 6) is 1.54. The Kier molecular flexibility index (Phi) is 3.86. The maximum atomic E-state index is 5.91. The second-order valence-electron chi connectivity index (χ2n) is 5.66. The van der Waals surface area contributed by atoms with Crippen molar-refractivity contribution in [2.45, 2.75) is 18.9 Å². The van der Waals surface area contributed by atoms with Gasteiger partial charge in [0.05, 0.1) is 26.0 Å². The van der Waals surface area contributed by atoms with E-state index in [9.17, 15) is 0 Å². The molecule has 3 aromatic heterocycles. The lowest BCUT2D eigenvalue weighted by Crippen LogP contribution is -2.42. The third-order valence-electron chi connectivity index (χ3n) is 4.06. The fourth-order valence-electron chi connectivity index (χ4n) is 2.84. The molecule has 0 spiro atoms. The van der Waals surface area contributed by atoms with E-state index < -0.39 is 0 Å². The molecule has 24 heavy (non-hydrogen) atoms. The maximum Gasteiger partial charge on any atom is 0.316 e. The van der Waals surface area contributed by atoms with Crippen LogP contribution in [0.15, 0.2) is 36.9 Å². The van der Waals surface area contributed by atoms with Crippen LogP contribution in [0.3, 0.4) is 0 Å². The fourth-order valence-corrected chi connectivity index (χ4v) is 2.84. The van der Waals surface area contributed by atoms with Gasteiger partial charge in [-0.3, -0.25) is 0 Å². The number of aromatic nitrogens is 5. The molecular weight excluding hydrogens is 308 g/mol. The van der Waals surface area contributed by atoms with Crippen molar-refractivity contribution in [3.63, 3.8) is 0 Å². The second kappa shape index (κ2) is 6.31. The Balaban J connectivity index is 1.46. The zero-order valence-corrected chi connectivity index (χ0v) is 13.4. The number of methoxy groups -OCH3 is 1. The normalized spacial score (nSPS) is 17.9. The molecule has 0 saturated carbocycles. The van der Waals surface area contributed by atoms with Crippen LogP contribution in [0.1, 0.15) is 12.8 Å². The number of rotatable bonds is 4. The van der Waals surface area contributed by atoms with Crippen LogP contribution < -0.4 is 14.4 Å². The Morgan fingerprint density at radius 2 is 2.04 bits per heavy atom. The van der Waals surface area contributed by atoms with Gasteiger partial charge in [0.15, 0.2) is 11.4 Å². The average molecular weight is 326 g/mol. The first kappa shape index (κ1) is 14.7. The number of piperidine rings is 1. The first-order chi connectivity index (χ1) is 11.8. The Bertz CT molecular complexity index is 819. The van der Waals surface area contributed by atoms with Crippen molar-refractivity contribution in [1.82, 2.24) is 24.6 Å². The summed E-state index contributed by atoms with van der Waals surface area (Å²) in [6.07, 6.45) is 8.85. The van der Waals surface area contributed by atoms with Crippen LogP contribution in [-0.4, -0.2) is 50.9 Å². The van der Waals surface area contributed by atoms with Crippen molar-refractivity contribution in [1.29, 1.82) is 0 Å². The highest BCUT2D eigenvalue weighted by Crippen LogP contribution is 2.21. The van der Waals surface area contributed by atoms with Crippen LogP contribution in [0.5, 0.6) is 11.8 Å². The van der Waals surface area contributed by atoms with Gasteiger partial charge in [0.2, 0.25) is 0 Å². The zero-order chi connectivity index (χ0) is 16.4. The number of imidazole rings is 1. The number of ether oxygens (including phenoxy) is 2. The molecule has 8 heteroatoms. The molecular formula is C16H18N6O2. The average Bonchev–Trinajstić information content (AvgIpc) is 3.10. The Labute approximate surface area is 139 Å². The largest absolute Gasteiger partial charge is 0.494 e. The third kappa shape index (κ3) is 2.94. The van der Waals surface area contributed by atoms with E-state index in [1.54, 1.807) is 30.2 Å². The SMILES string of the molecule is COc1cnc(OC2CCCN(c3ccc4nccn4n3)C2)nc1. The molecule has 0 aromatic carbocycles. The van der Waals surface area contributed by atoms with Gasteiger partial charge >= 0.3 is 6.01 Å². The van der Waals surface area contributed by atoms with Crippen molar-refractivity contribution in [3.05, 3.63) is 36.9 Å². The van der Waals surface area contributed by atoms with E-state index in [1.807, 2.05) is 18.3 Å². The lowest BCUT2D eigenvalue weighted by Gasteiger charge is -2.32. The highest BCUT2D eigenvalue weighted by molar-refractivity contribution is 5.46. The first-order valence-electron chi connectivity index (χ1n) is 7.90. The van der Waals surface area contributed by atoms with Gasteiger partial charge in [-0.25, -0.2) is 9.50 Å². The van der Waals surface area contributed by atoms with Crippen LogP contribution in [0.4, 0.5) is 5.82 Å². The van der Waals surface area contributed by atoms with Crippen LogP contribution in [0.2, 0.25) is 0 Å². The lowest BCUT2D eigenvalue weighted by molar-refractivity contribution is 0.163. The summed E-state index contributed by atoms with van der Waals surface area (Å²) in [6, 6.07) is 4.34. The Morgan fingerprint density at radius 3 is 2.88 bits per heavy atom. The third-order valence-corrected chi connectivity index (χ3v) is 4.06. The summed E-state index contributed by atoms with van der Waals surface area (Å²) in [5, 5.41) is 4.60. The van der Waals surface area contributed by atoms with E-state index in [4.69, 9.17) is 9.47 Å². The molecule has 4 heterocycles. The molecule has 3 aromatic rings. The molecule has 0 amide bonds. The molecule has 1 aliphatic rings. The Hall–Kier alpha value is -2.90. The minimum Gasteiger partial charge on any atom is -0.494 e. The molecule has 1 atom stereocenters. The number of hydrogen-bond acceptors (Lipinski definition) is 7. The summed E-state index contributed by atoms with van der Waals surface area (Å²) >= 11 is 0.